The SMILES string of the molecule is CBB[C@@H]1[C@@H](C/C=C\CCCC(=O)O)[C@@H](O)C[C@H]1O. The van der Waals surface area contributed by atoms with E-state index in [0.717, 1.165) is 27.2 Å². The van der Waals surface area contributed by atoms with E-state index in [2.05, 4.69) is 6.82 Å². The third-order valence-corrected chi connectivity index (χ3v) is 3.98. The summed E-state index contributed by atoms with van der Waals surface area (Å²) in [5, 5.41) is 28.4. The average Bonchev–Trinajstić information content (AvgIpc) is 2.60. The number of aliphatic carboxylic acids is 1. The van der Waals surface area contributed by atoms with E-state index in [0.29, 0.717) is 12.8 Å². The number of allylic oxidation sites excluding steroid dienone is 2. The van der Waals surface area contributed by atoms with Crippen molar-refractivity contribution in [2.24, 2.45) is 5.92 Å². The lowest BCUT2D eigenvalue weighted by molar-refractivity contribution is -0.137. The largest absolute Gasteiger partial charge is 0.481 e. The Morgan fingerprint density at radius 1 is 1.32 bits per heavy atom. The fraction of sp³-hybridized carbons (Fsp3) is 0.769. The van der Waals surface area contributed by atoms with Crippen molar-refractivity contribution < 1.29 is 20.1 Å². The molecule has 0 heterocycles. The van der Waals surface area contributed by atoms with Crippen LogP contribution in [-0.4, -0.2) is 47.8 Å². The maximum absolute atomic E-state index is 10.4. The summed E-state index contributed by atoms with van der Waals surface area (Å²) in [6.07, 6.45) is 6.11. The first-order chi connectivity index (χ1) is 9.06. The first-order valence-electron chi connectivity index (χ1n) is 7.29. The fourth-order valence-corrected chi connectivity index (χ4v) is 2.98. The van der Waals surface area contributed by atoms with Crippen LogP contribution in [0.15, 0.2) is 12.2 Å². The predicted octanol–water partition coefficient (Wildman–Crippen LogP) is 0.554. The molecule has 0 spiro atoms. The lowest BCUT2D eigenvalue weighted by Gasteiger charge is -2.21. The van der Waals surface area contributed by atoms with Gasteiger partial charge in [-0.1, -0.05) is 19.0 Å². The van der Waals surface area contributed by atoms with Gasteiger partial charge in [0.2, 0.25) is 0 Å². The van der Waals surface area contributed by atoms with Gasteiger partial charge < -0.3 is 15.3 Å². The Balaban J connectivity index is 2.33. The molecular weight excluding hydrogens is 242 g/mol. The van der Waals surface area contributed by atoms with Crippen molar-refractivity contribution in [1.82, 2.24) is 0 Å². The summed E-state index contributed by atoms with van der Waals surface area (Å²) in [5.41, 5.74) is 0. The van der Waals surface area contributed by atoms with E-state index in [1.165, 1.54) is 0 Å². The summed E-state index contributed by atoms with van der Waals surface area (Å²) in [5.74, 6) is -0.417. The zero-order valence-corrected chi connectivity index (χ0v) is 11.7. The highest BCUT2D eigenvalue weighted by molar-refractivity contribution is 7.00. The Morgan fingerprint density at radius 2 is 2.05 bits per heavy atom. The third kappa shape index (κ3) is 5.41. The van der Waals surface area contributed by atoms with Crippen molar-refractivity contribution in [2.45, 2.75) is 57.0 Å². The van der Waals surface area contributed by atoms with Crippen LogP contribution in [0.2, 0.25) is 12.6 Å². The van der Waals surface area contributed by atoms with E-state index < -0.39 is 12.1 Å². The van der Waals surface area contributed by atoms with Crippen LogP contribution in [-0.2, 0) is 4.79 Å². The van der Waals surface area contributed by atoms with Crippen LogP contribution in [0.1, 0.15) is 32.1 Å². The van der Waals surface area contributed by atoms with Gasteiger partial charge in [0.1, 0.15) is 0 Å². The van der Waals surface area contributed by atoms with Gasteiger partial charge in [-0.15, -0.1) is 0 Å². The summed E-state index contributed by atoms with van der Waals surface area (Å²) in [4.78, 5) is 10.4. The molecule has 4 nitrogen and oxygen atoms in total. The van der Waals surface area contributed by atoms with E-state index in [9.17, 15) is 15.0 Å². The lowest BCUT2D eigenvalue weighted by Crippen LogP contribution is -2.24. The van der Waals surface area contributed by atoms with Gasteiger partial charge in [-0.25, -0.2) is 0 Å². The molecule has 0 aliphatic heterocycles. The Hall–Kier alpha value is -0.740. The summed E-state index contributed by atoms with van der Waals surface area (Å²) in [7, 11) is 1.98. The van der Waals surface area contributed by atoms with Crippen LogP contribution in [0.5, 0.6) is 0 Å². The van der Waals surface area contributed by atoms with Gasteiger partial charge >= 0.3 is 5.97 Å². The molecule has 0 saturated heterocycles. The van der Waals surface area contributed by atoms with Gasteiger partial charge in [0.25, 0.3) is 0 Å². The Kier molecular flexibility index (Phi) is 7.24. The molecule has 19 heavy (non-hydrogen) atoms. The quantitative estimate of drug-likeness (QED) is 0.340. The second-order valence-electron chi connectivity index (χ2n) is 5.48. The van der Waals surface area contributed by atoms with E-state index in [1.807, 2.05) is 12.2 Å². The monoisotopic (exact) mass is 266 g/mol. The Morgan fingerprint density at radius 3 is 2.68 bits per heavy atom. The molecule has 0 bridgehead atoms. The topological polar surface area (TPSA) is 77.8 Å². The predicted molar refractivity (Wildman–Crippen MR) is 79.3 cm³/mol. The van der Waals surface area contributed by atoms with Gasteiger partial charge in [0.05, 0.1) is 26.5 Å². The third-order valence-electron chi connectivity index (χ3n) is 3.98. The highest BCUT2D eigenvalue weighted by atomic mass is 16.4. The highest BCUT2D eigenvalue weighted by Gasteiger charge is 2.40. The minimum absolute atomic E-state index is 0.144. The smallest absolute Gasteiger partial charge is 0.303 e. The van der Waals surface area contributed by atoms with Crippen LogP contribution in [0.4, 0.5) is 0 Å². The van der Waals surface area contributed by atoms with Crippen LogP contribution in [0, 0.1) is 5.92 Å². The molecule has 1 aliphatic carbocycles. The number of aliphatic hydroxyl groups is 2. The molecular formula is C13H24B2O4. The summed E-state index contributed by atoms with van der Waals surface area (Å²) < 4.78 is 0. The van der Waals surface area contributed by atoms with Gasteiger partial charge in [0.15, 0.2) is 0 Å². The number of rotatable bonds is 8. The maximum Gasteiger partial charge on any atom is 0.303 e. The van der Waals surface area contributed by atoms with E-state index in [1.54, 1.807) is 0 Å². The minimum atomic E-state index is -0.759. The zero-order valence-electron chi connectivity index (χ0n) is 11.7. The van der Waals surface area contributed by atoms with Gasteiger partial charge in [-0.05, 0) is 37.4 Å². The number of hydrogen-bond acceptors (Lipinski definition) is 3. The van der Waals surface area contributed by atoms with Gasteiger partial charge in [0, 0.05) is 6.42 Å². The standard InChI is InChI=1S/C13H24B2O4/c1-14-15-13-9(10(16)8-11(13)17)6-4-2-3-5-7-12(18)19/h2,4,9-11,13-17H,3,5-8H2,1H3,(H,18,19)/b4-2-/t9-,10-,11+,13+/m0/s1. The van der Waals surface area contributed by atoms with E-state index >= 15 is 0 Å². The molecule has 1 saturated carbocycles. The van der Waals surface area contributed by atoms with Crippen LogP contribution in [0.25, 0.3) is 0 Å². The summed E-state index contributed by atoms with van der Waals surface area (Å²) in [6.45, 7) is 2.09. The van der Waals surface area contributed by atoms with Crippen molar-refractivity contribution >= 4 is 20.3 Å². The van der Waals surface area contributed by atoms with Crippen LogP contribution < -0.4 is 0 Å². The number of carboxylic acids is 1. The first kappa shape index (κ1) is 16.3. The minimum Gasteiger partial charge on any atom is -0.481 e. The molecule has 3 N–H and O–H groups in total. The molecule has 0 amide bonds. The molecule has 6 heteroatoms. The number of unbranched alkanes of at least 4 members (excludes halogenated alkanes) is 1. The van der Waals surface area contributed by atoms with Gasteiger partial charge in [-0.3, -0.25) is 4.79 Å². The summed E-state index contributed by atoms with van der Waals surface area (Å²) in [6, 6.07) is 0. The molecule has 0 radical (unpaired) electrons. The van der Waals surface area contributed by atoms with Crippen molar-refractivity contribution in [2.75, 3.05) is 0 Å². The second kappa shape index (κ2) is 8.43. The number of hydrogen-bond donors (Lipinski definition) is 3. The molecule has 1 rings (SSSR count). The van der Waals surface area contributed by atoms with Crippen LogP contribution >= 0.6 is 0 Å². The average molecular weight is 266 g/mol. The Bertz CT molecular complexity index is 309. The van der Waals surface area contributed by atoms with Crippen LogP contribution in [0.3, 0.4) is 0 Å². The second-order valence-corrected chi connectivity index (χ2v) is 5.48. The molecule has 0 unspecified atom stereocenters. The lowest BCUT2D eigenvalue weighted by atomic mass is 9.33. The molecule has 1 aliphatic rings. The normalized spacial score (nSPS) is 30.7. The molecule has 0 aromatic heterocycles. The maximum atomic E-state index is 10.4. The summed E-state index contributed by atoms with van der Waals surface area (Å²) >= 11 is 0. The fourth-order valence-electron chi connectivity index (χ4n) is 2.98. The van der Waals surface area contributed by atoms with Gasteiger partial charge in [-0.2, -0.15) is 0 Å². The van der Waals surface area contributed by atoms with Crippen molar-refractivity contribution in [3.05, 3.63) is 12.2 Å². The van der Waals surface area contributed by atoms with E-state index in [4.69, 9.17) is 5.11 Å². The molecule has 0 aromatic rings. The zero-order chi connectivity index (χ0) is 14.3. The van der Waals surface area contributed by atoms with Crippen molar-refractivity contribution in [3.63, 3.8) is 0 Å². The Labute approximate surface area is 116 Å². The molecule has 0 aromatic carbocycles. The number of carbonyl (C=O) groups is 1. The first-order valence-corrected chi connectivity index (χ1v) is 7.29. The number of aliphatic hydroxyl groups excluding tert-OH is 2. The number of carboxylic acid groups (broad SMARTS) is 1. The van der Waals surface area contributed by atoms with E-state index in [-0.39, 0.29) is 24.3 Å². The highest BCUT2D eigenvalue weighted by Crippen LogP contribution is 2.38. The van der Waals surface area contributed by atoms with Crippen molar-refractivity contribution in [3.8, 4) is 0 Å². The van der Waals surface area contributed by atoms with Crippen molar-refractivity contribution in [1.29, 1.82) is 0 Å². The molecule has 106 valence electrons. The molecule has 4 atom stereocenters. The molecule has 1 fully saturated rings.